The van der Waals surface area contributed by atoms with Gasteiger partial charge in [0.2, 0.25) is 5.88 Å². The summed E-state index contributed by atoms with van der Waals surface area (Å²) in [6.45, 7) is 4.46. The Morgan fingerprint density at radius 1 is 1.15 bits per heavy atom. The molecule has 0 fully saturated rings. The molecule has 2 aromatic heterocycles. The van der Waals surface area contributed by atoms with Crippen LogP contribution in [0, 0.1) is 0 Å². The second-order valence-corrected chi connectivity index (χ2v) is 5.13. The summed E-state index contributed by atoms with van der Waals surface area (Å²) in [4.78, 5) is 20.6. The minimum absolute atomic E-state index is 0.139. The van der Waals surface area contributed by atoms with Crippen LogP contribution in [-0.4, -0.2) is 34.2 Å². The summed E-state index contributed by atoms with van der Waals surface area (Å²) in [5.41, 5.74) is 1.29. The molecule has 2 heterocycles. The van der Waals surface area contributed by atoms with E-state index in [1.807, 2.05) is 44.2 Å². The highest BCUT2D eigenvalue weighted by atomic mass is 16.5. The Hall–Kier alpha value is -3.42. The van der Waals surface area contributed by atoms with E-state index in [0.29, 0.717) is 24.7 Å². The van der Waals surface area contributed by atoms with Crippen LogP contribution in [0.15, 0.2) is 47.1 Å². The molecule has 0 aliphatic heterocycles. The Balaban J connectivity index is 1.78. The van der Waals surface area contributed by atoms with Crippen molar-refractivity contribution in [2.75, 3.05) is 18.5 Å². The maximum Gasteiger partial charge on any atom is 0.319 e. The Labute approximate surface area is 150 Å². The van der Waals surface area contributed by atoms with Gasteiger partial charge in [0.25, 0.3) is 5.91 Å². The van der Waals surface area contributed by atoms with E-state index in [1.165, 1.54) is 6.20 Å². The number of aromatic nitrogens is 3. The van der Waals surface area contributed by atoms with Gasteiger partial charge in [-0.15, -0.1) is 0 Å². The quantitative estimate of drug-likeness (QED) is 0.695. The molecule has 0 spiro atoms. The first kappa shape index (κ1) is 17.4. The average Bonchev–Trinajstić information content (AvgIpc) is 3.15. The summed E-state index contributed by atoms with van der Waals surface area (Å²) in [5.74, 6) is 0.277. The van der Waals surface area contributed by atoms with Crippen LogP contribution in [0.5, 0.6) is 11.9 Å². The van der Waals surface area contributed by atoms with Gasteiger partial charge in [-0.3, -0.25) is 4.79 Å². The second kappa shape index (κ2) is 8.11. The monoisotopic (exact) mass is 354 g/mol. The highest BCUT2D eigenvalue weighted by Gasteiger charge is 2.17. The summed E-state index contributed by atoms with van der Waals surface area (Å²) in [7, 11) is 0. The lowest BCUT2D eigenvalue weighted by Crippen LogP contribution is -2.14. The predicted octanol–water partition coefficient (Wildman–Crippen LogP) is 3.18. The molecule has 26 heavy (non-hydrogen) atoms. The zero-order chi connectivity index (χ0) is 18.4. The van der Waals surface area contributed by atoms with E-state index in [4.69, 9.17) is 14.0 Å². The topological polar surface area (TPSA) is 99.4 Å². The lowest BCUT2D eigenvalue weighted by molar-refractivity contribution is 0.101. The first-order valence-electron chi connectivity index (χ1n) is 8.17. The molecule has 1 aromatic carbocycles. The van der Waals surface area contributed by atoms with E-state index in [-0.39, 0.29) is 17.6 Å². The van der Waals surface area contributed by atoms with Gasteiger partial charge in [0.1, 0.15) is 5.69 Å². The van der Waals surface area contributed by atoms with Crippen LogP contribution < -0.4 is 14.8 Å². The Kier molecular flexibility index (Phi) is 5.43. The molecule has 0 aliphatic carbocycles. The zero-order valence-corrected chi connectivity index (χ0v) is 14.4. The van der Waals surface area contributed by atoms with E-state index >= 15 is 0 Å². The number of nitrogens with one attached hydrogen (secondary N) is 1. The largest absolute Gasteiger partial charge is 0.476 e. The molecule has 1 N–H and O–H groups in total. The lowest BCUT2D eigenvalue weighted by atomic mass is 10.1. The zero-order valence-electron chi connectivity index (χ0n) is 14.4. The van der Waals surface area contributed by atoms with Crippen molar-refractivity contribution in [1.82, 2.24) is 15.1 Å². The number of hydrogen-bond donors (Lipinski definition) is 1. The fourth-order valence-corrected chi connectivity index (χ4v) is 2.19. The molecule has 1 amide bonds. The predicted molar refractivity (Wildman–Crippen MR) is 94.3 cm³/mol. The standard InChI is InChI=1S/C18H18N4O4/c1-3-24-17-14(11-19-18(21-17)25-4-2)20-16(23)13-10-15(26-22-13)12-8-6-5-7-9-12/h5-11H,3-4H2,1-2H3,(H,20,23). The van der Waals surface area contributed by atoms with Crippen LogP contribution in [0.25, 0.3) is 11.3 Å². The summed E-state index contributed by atoms with van der Waals surface area (Å²) in [5, 5.41) is 6.50. The Morgan fingerprint density at radius 3 is 2.65 bits per heavy atom. The molecule has 3 rings (SSSR count). The number of benzene rings is 1. The molecule has 0 aliphatic rings. The third-order valence-electron chi connectivity index (χ3n) is 3.34. The molecule has 0 saturated carbocycles. The molecule has 0 radical (unpaired) electrons. The van der Waals surface area contributed by atoms with Crippen LogP contribution in [0.1, 0.15) is 24.3 Å². The van der Waals surface area contributed by atoms with Crippen molar-refractivity contribution in [2.45, 2.75) is 13.8 Å². The number of ether oxygens (including phenoxy) is 2. The third kappa shape index (κ3) is 3.97. The molecule has 0 atom stereocenters. The van der Waals surface area contributed by atoms with E-state index in [9.17, 15) is 4.79 Å². The number of hydrogen-bond acceptors (Lipinski definition) is 7. The Bertz CT molecular complexity index is 880. The molecule has 8 nitrogen and oxygen atoms in total. The molecule has 0 bridgehead atoms. The second-order valence-electron chi connectivity index (χ2n) is 5.13. The van der Waals surface area contributed by atoms with Crippen LogP contribution >= 0.6 is 0 Å². The van der Waals surface area contributed by atoms with Gasteiger partial charge in [-0.05, 0) is 13.8 Å². The highest BCUT2D eigenvalue weighted by molar-refractivity contribution is 6.03. The molecule has 8 heteroatoms. The van der Waals surface area contributed by atoms with Gasteiger partial charge < -0.3 is 19.3 Å². The smallest absolute Gasteiger partial charge is 0.319 e. The van der Waals surface area contributed by atoms with Crippen LogP contribution in [0.2, 0.25) is 0 Å². The lowest BCUT2D eigenvalue weighted by Gasteiger charge is -2.10. The molecule has 134 valence electrons. The van der Waals surface area contributed by atoms with Crippen LogP contribution in [0.4, 0.5) is 5.69 Å². The van der Waals surface area contributed by atoms with Crippen LogP contribution in [-0.2, 0) is 0 Å². The van der Waals surface area contributed by atoms with Gasteiger partial charge in [-0.25, -0.2) is 4.98 Å². The van der Waals surface area contributed by atoms with E-state index in [0.717, 1.165) is 5.56 Å². The summed E-state index contributed by atoms with van der Waals surface area (Å²) < 4.78 is 15.9. The molecular weight excluding hydrogens is 336 g/mol. The molecule has 3 aromatic rings. The van der Waals surface area contributed by atoms with Crippen molar-refractivity contribution in [3.8, 4) is 23.2 Å². The summed E-state index contributed by atoms with van der Waals surface area (Å²) in [6, 6.07) is 11.1. The SMILES string of the molecule is CCOc1ncc(NC(=O)c2cc(-c3ccccc3)on2)c(OCC)n1. The summed E-state index contributed by atoms with van der Waals surface area (Å²) in [6.07, 6.45) is 1.43. The number of carbonyl (C=O) groups excluding carboxylic acids is 1. The number of carbonyl (C=O) groups is 1. The van der Waals surface area contributed by atoms with Crippen molar-refractivity contribution in [3.05, 3.63) is 48.3 Å². The maximum absolute atomic E-state index is 12.4. The van der Waals surface area contributed by atoms with Gasteiger partial charge in [0.05, 0.1) is 19.4 Å². The number of anilines is 1. The minimum atomic E-state index is -0.454. The van der Waals surface area contributed by atoms with Crippen molar-refractivity contribution in [2.24, 2.45) is 0 Å². The highest BCUT2D eigenvalue weighted by Crippen LogP contribution is 2.25. The van der Waals surface area contributed by atoms with Crippen molar-refractivity contribution in [1.29, 1.82) is 0 Å². The van der Waals surface area contributed by atoms with Gasteiger partial charge in [-0.1, -0.05) is 35.5 Å². The van der Waals surface area contributed by atoms with Crippen molar-refractivity contribution >= 4 is 11.6 Å². The molecular formula is C18H18N4O4. The van der Waals surface area contributed by atoms with Gasteiger partial charge in [0, 0.05) is 11.6 Å². The van der Waals surface area contributed by atoms with E-state index < -0.39 is 5.91 Å². The molecule has 0 saturated heterocycles. The summed E-state index contributed by atoms with van der Waals surface area (Å²) >= 11 is 0. The Morgan fingerprint density at radius 2 is 1.92 bits per heavy atom. The van der Waals surface area contributed by atoms with Crippen molar-refractivity contribution < 1.29 is 18.8 Å². The maximum atomic E-state index is 12.4. The van der Waals surface area contributed by atoms with Gasteiger partial charge in [-0.2, -0.15) is 4.98 Å². The van der Waals surface area contributed by atoms with E-state index in [1.54, 1.807) is 6.07 Å². The normalized spacial score (nSPS) is 10.4. The van der Waals surface area contributed by atoms with Crippen LogP contribution in [0.3, 0.4) is 0 Å². The third-order valence-corrected chi connectivity index (χ3v) is 3.34. The number of rotatable bonds is 7. The number of amides is 1. The van der Waals surface area contributed by atoms with Gasteiger partial charge >= 0.3 is 6.01 Å². The first-order chi connectivity index (χ1) is 12.7. The number of nitrogens with zero attached hydrogens (tertiary/aromatic N) is 3. The van der Waals surface area contributed by atoms with E-state index in [2.05, 4.69) is 20.4 Å². The fraction of sp³-hybridized carbons (Fsp3) is 0.222. The minimum Gasteiger partial charge on any atom is -0.476 e. The van der Waals surface area contributed by atoms with Crippen molar-refractivity contribution in [3.63, 3.8) is 0 Å². The average molecular weight is 354 g/mol. The van der Waals surface area contributed by atoms with Gasteiger partial charge in [0.15, 0.2) is 11.5 Å². The first-order valence-corrected chi connectivity index (χ1v) is 8.17. The fourth-order valence-electron chi connectivity index (χ4n) is 2.19. The molecule has 0 unspecified atom stereocenters.